The van der Waals surface area contributed by atoms with Crippen LogP contribution in [0, 0.1) is 0 Å². The second-order valence-electron chi connectivity index (χ2n) is 4.77. The normalized spacial score (nSPS) is 18.3. The molecule has 2 rings (SSSR count). The molecule has 21 heavy (non-hydrogen) atoms. The van der Waals surface area contributed by atoms with Crippen LogP contribution in [-0.2, 0) is 6.54 Å². The number of likely N-dealkylation sites (tertiary alicyclic amines) is 1. The quantitative estimate of drug-likeness (QED) is 0.448. The van der Waals surface area contributed by atoms with Gasteiger partial charge in [-0.3, -0.25) is 0 Å². The highest BCUT2D eigenvalue weighted by molar-refractivity contribution is 14.0. The fraction of sp³-hybridized carbons (Fsp3) is 0.571. The lowest BCUT2D eigenvalue weighted by atomic mass is 10.3. The summed E-state index contributed by atoms with van der Waals surface area (Å²) in [6, 6.07) is 3.79. The number of guanidine groups is 1. The number of hydrogen-bond donors (Lipinski definition) is 2. The van der Waals surface area contributed by atoms with Crippen molar-refractivity contribution in [2.45, 2.75) is 26.0 Å². The number of ether oxygens (including phenoxy) is 1. The van der Waals surface area contributed by atoms with Crippen LogP contribution in [0.15, 0.2) is 23.3 Å². The fourth-order valence-electron chi connectivity index (χ4n) is 2.15. The van der Waals surface area contributed by atoms with Gasteiger partial charge >= 0.3 is 0 Å². The molecule has 1 aromatic heterocycles. The summed E-state index contributed by atoms with van der Waals surface area (Å²) in [5.41, 5.74) is 1.03. The number of methoxy groups -OCH3 is 1. The van der Waals surface area contributed by atoms with Gasteiger partial charge < -0.3 is 20.1 Å². The third-order valence-corrected chi connectivity index (χ3v) is 3.22. The average molecular weight is 406 g/mol. The molecule has 1 aliphatic rings. The van der Waals surface area contributed by atoms with Crippen molar-refractivity contribution < 1.29 is 9.84 Å². The van der Waals surface area contributed by atoms with E-state index in [1.54, 1.807) is 13.3 Å². The summed E-state index contributed by atoms with van der Waals surface area (Å²) in [6.07, 6.45) is 2.32. The zero-order valence-electron chi connectivity index (χ0n) is 12.5. The molecule has 0 aliphatic carbocycles. The number of aliphatic hydroxyl groups is 1. The van der Waals surface area contributed by atoms with E-state index in [1.807, 2.05) is 19.1 Å². The highest BCUT2D eigenvalue weighted by atomic mass is 127. The SMILES string of the molecule is CCNC(=NCc1ccc(OC)nc1)N1CC[C@@H](O)C1.I. The molecule has 0 spiro atoms. The van der Waals surface area contributed by atoms with Gasteiger partial charge in [0, 0.05) is 31.9 Å². The van der Waals surface area contributed by atoms with Crippen molar-refractivity contribution in [3.05, 3.63) is 23.9 Å². The zero-order valence-corrected chi connectivity index (χ0v) is 14.8. The molecule has 0 bridgehead atoms. The molecule has 1 fully saturated rings. The van der Waals surface area contributed by atoms with Crippen molar-refractivity contribution in [2.75, 3.05) is 26.7 Å². The van der Waals surface area contributed by atoms with E-state index in [2.05, 4.69) is 20.2 Å². The van der Waals surface area contributed by atoms with Gasteiger partial charge in [-0.25, -0.2) is 9.98 Å². The van der Waals surface area contributed by atoms with E-state index < -0.39 is 0 Å². The summed E-state index contributed by atoms with van der Waals surface area (Å²) in [5, 5.41) is 12.9. The molecule has 6 nitrogen and oxygen atoms in total. The van der Waals surface area contributed by atoms with E-state index in [1.165, 1.54) is 0 Å². The highest BCUT2D eigenvalue weighted by Crippen LogP contribution is 2.11. The first-order valence-electron chi connectivity index (χ1n) is 6.93. The molecule has 2 heterocycles. The number of rotatable bonds is 4. The maximum atomic E-state index is 9.61. The molecule has 0 radical (unpaired) electrons. The van der Waals surface area contributed by atoms with Crippen molar-refractivity contribution in [3.8, 4) is 5.88 Å². The molecule has 1 aromatic rings. The second kappa shape index (κ2) is 9.04. The van der Waals surface area contributed by atoms with E-state index in [4.69, 9.17) is 4.74 Å². The molecule has 2 N–H and O–H groups in total. The molecule has 0 aromatic carbocycles. The Bertz CT molecular complexity index is 453. The number of β-amino-alcohol motifs (C(OH)–C–C–N with tert-alkyl or cyclic N) is 1. The zero-order chi connectivity index (χ0) is 14.4. The number of hydrogen-bond acceptors (Lipinski definition) is 4. The summed E-state index contributed by atoms with van der Waals surface area (Å²) in [6.45, 7) is 4.90. The van der Waals surface area contributed by atoms with Gasteiger partial charge in [-0.05, 0) is 18.9 Å². The molecule has 1 saturated heterocycles. The molecule has 0 saturated carbocycles. The largest absolute Gasteiger partial charge is 0.481 e. The second-order valence-corrected chi connectivity index (χ2v) is 4.77. The predicted molar refractivity (Wildman–Crippen MR) is 93.2 cm³/mol. The lowest BCUT2D eigenvalue weighted by molar-refractivity contribution is 0.188. The topological polar surface area (TPSA) is 70.0 Å². The first-order chi connectivity index (χ1) is 9.72. The number of nitrogens with zero attached hydrogens (tertiary/aromatic N) is 3. The Kier molecular flexibility index (Phi) is 7.73. The molecule has 1 aliphatic heterocycles. The van der Waals surface area contributed by atoms with Gasteiger partial charge in [0.1, 0.15) is 0 Å². The highest BCUT2D eigenvalue weighted by Gasteiger charge is 2.22. The third-order valence-electron chi connectivity index (χ3n) is 3.22. The van der Waals surface area contributed by atoms with Gasteiger partial charge in [0.05, 0.1) is 19.8 Å². The number of aliphatic imine (C=N–C) groups is 1. The number of nitrogens with one attached hydrogen (secondary N) is 1. The molecule has 1 atom stereocenters. The Morgan fingerprint density at radius 1 is 1.57 bits per heavy atom. The van der Waals surface area contributed by atoms with Crippen molar-refractivity contribution in [3.63, 3.8) is 0 Å². The maximum absolute atomic E-state index is 9.61. The summed E-state index contributed by atoms with van der Waals surface area (Å²) in [5.74, 6) is 1.45. The lowest BCUT2D eigenvalue weighted by Crippen LogP contribution is -2.40. The van der Waals surface area contributed by atoms with Crippen LogP contribution in [0.25, 0.3) is 0 Å². The smallest absolute Gasteiger partial charge is 0.212 e. The van der Waals surface area contributed by atoms with Gasteiger partial charge in [0.15, 0.2) is 5.96 Å². The standard InChI is InChI=1S/C14H22N4O2.HI/c1-3-15-14(18-7-6-12(19)10-18)17-9-11-4-5-13(20-2)16-8-11;/h4-5,8,12,19H,3,6-7,9-10H2,1-2H3,(H,15,17);1H/t12-;/m1./s1. The molecular weight excluding hydrogens is 383 g/mol. The molecule has 7 heteroatoms. The Labute approximate surface area is 142 Å². The Hall–Kier alpha value is -1.09. The van der Waals surface area contributed by atoms with Gasteiger partial charge in [0.25, 0.3) is 0 Å². The molecule has 0 unspecified atom stereocenters. The van der Waals surface area contributed by atoms with Crippen LogP contribution < -0.4 is 10.1 Å². The third kappa shape index (κ3) is 5.31. The van der Waals surface area contributed by atoms with Crippen LogP contribution in [0.4, 0.5) is 0 Å². The van der Waals surface area contributed by atoms with Crippen molar-refractivity contribution in [1.82, 2.24) is 15.2 Å². The summed E-state index contributed by atoms with van der Waals surface area (Å²) >= 11 is 0. The van der Waals surface area contributed by atoms with Crippen LogP contribution in [0.1, 0.15) is 18.9 Å². The van der Waals surface area contributed by atoms with Gasteiger partial charge in [-0.2, -0.15) is 0 Å². The minimum atomic E-state index is -0.249. The van der Waals surface area contributed by atoms with Crippen molar-refractivity contribution >= 4 is 29.9 Å². The van der Waals surface area contributed by atoms with E-state index in [9.17, 15) is 5.11 Å². The Balaban J connectivity index is 0.00000220. The van der Waals surface area contributed by atoms with E-state index in [0.717, 1.165) is 31.0 Å². The summed E-state index contributed by atoms with van der Waals surface area (Å²) < 4.78 is 5.03. The number of halogens is 1. The molecule has 0 amide bonds. The first kappa shape index (κ1) is 18.0. The minimum absolute atomic E-state index is 0. The van der Waals surface area contributed by atoms with Crippen LogP contribution in [-0.4, -0.2) is 53.8 Å². The van der Waals surface area contributed by atoms with Crippen LogP contribution in [0.2, 0.25) is 0 Å². The summed E-state index contributed by atoms with van der Waals surface area (Å²) in [7, 11) is 1.60. The first-order valence-corrected chi connectivity index (χ1v) is 6.93. The monoisotopic (exact) mass is 406 g/mol. The summed E-state index contributed by atoms with van der Waals surface area (Å²) in [4.78, 5) is 10.8. The number of aliphatic hydroxyl groups excluding tert-OH is 1. The van der Waals surface area contributed by atoms with E-state index in [-0.39, 0.29) is 30.1 Å². The molecular formula is C14H23IN4O2. The van der Waals surface area contributed by atoms with Gasteiger partial charge in [-0.15, -0.1) is 24.0 Å². The predicted octanol–water partition coefficient (Wildman–Crippen LogP) is 1.24. The van der Waals surface area contributed by atoms with Gasteiger partial charge in [0.2, 0.25) is 5.88 Å². The Morgan fingerprint density at radius 3 is 2.90 bits per heavy atom. The van der Waals surface area contributed by atoms with Crippen LogP contribution in [0.3, 0.4) is 0 Å². The van der Waals surface area contributed by atoms with Crippen molar-refractivity contribution in [2.24, 2.45) is 4.99 Å². The number of pyridine rings is 1. The number of aromatic nitrogens is 1. The van der Waals surface area contributed by atoms with E-state index in [0.29, 0.717) is 19.0 Å². The van der Waals surface area contributed by atoms with Crippen LogP contribution in [0.5, 0.6) is 5.88 Å². The van der Waals surface area contributed by atoms with Crippen molar-refractivity contribution in [1.29, 1.82) is 0 Å². The van der Waals surface area contributed by atoms with E-state index >= 15 is 0 Å². The Morgan fingerprint density at radius 2 is 2.38 bits per heavy atom. The lowest BCUT2D eigenvalue weighted by Gasteiger charge is -2.20. The fourth-order valence-corrected chi connectivity index (χ4v) is 2.15. The van der Waals surface area contributed by atoms with Gasteiger partial charge in [-0.1, -0.05) is 6.07 Å². The maximum Gasteiger partial charge on any atom is 0.212 e. The molecule has 118 valence electrons. The van der Waals surface area contributed by atoms with Crippen LogP contribution >= 0.6 is 24.0 Å². The minimum Gasteiger partial charge on any atom is -0.481 e. The average Bonchev–Trinajstić information content (AvgIpc) is 2.90.